The molecule has 100 valence electrons. The third-order valence-corrected chi connectivity index (χ3v) is 3.72. The fourth-order valence-electron chi connectivity index (χ4n) is 2.50. The van der Waals surface area contributed by atoms with Crippen molar-refractivity contribution < 1.29 is 4.74 Å². The van der Waals surface area contributed by atoms with Gasteiger partial charge in [-0.25, -0.2) is 4.98 Å². The number of pyridine rings is 1. The van der Waals surface area contributed by atoms with Crippen LogP contribution < -0.4 is 4.74 Å². The zero-order valence-corrected chi connectivity index (χ0v) is 11.9. The third kappa shape index (κ3) is 3.88. The average Bonchev–Trinajstić information content (AvgIpc) is 2.40. The number of halogens is 1. The molecule has 0 atom stereocenters. The molecule has 1 fully saturated rings. The van der Waals surface area contributed by atoms with Gasteiger partial charge in [0, 0.05) is 17.6 Å². The molecule has 0 unspecified atom stereocenters. The maximum Gasteiger partial charge on any atom is 0.214 e. The molecule has 18 heavy (non-hydrogen) atoms. The number of nitrogens with zero attached hydrogens (tertiary/aromatic N) is 1. The van der Waals surface area contributed by atoms with Gasteiger partial charge >= 0.3 is 0 Å². The first kappa shape index (κ1) is 13.7. The molecule has 0 N–H and O–H groups in total. The van der Waals surface area contributed by atoms with E-state index in [9.17, 15) is 0 Å². The predicted octanol–water partition coefficient (Wildman–Crippen LogP) is 4.48. The van der Waals surface area contributed by atoms with Gasteiger partial charge in [-0.3, -0.25) is 0 Å². The summed E-state index contributed by atoms with van der Waals surface area (Å²) < 4.78 is 6.02. The van der Waals surface area contributed by atoms with Crippen molar-refractivity contribution in [3.8, 4) is 5.88 Å². The predicted molar refractivity (Wildman–Crippen MR) is 75.3 cm³/mol. The SMILES string of the molecule is CCCc1cc(CCl)cc(OC2CCCCC2)n1. The molecule has 0 spiro atoms. The van der Waals surface area contributed by atoms with Gasteiger partial charge in [0.05, 0.1) is 0 Å². The summed E-state index contributed by atoms with van der Waals surface area (Å²) in [6.45, 7) is 2.16. The lowest BCUT2D eigenvalue weighted by atomic mass is 9.98. The van der Waals surface area contributed by atoms with Crippen LogP contribution in [0.3, 0.4) is 0 Å². The monoisotopic (exact) mass is 267 g/mol. The molecule has 2 nitrogen and oxygen atoms in total. The second-order valence-corrected chi connectivity index (χ2v) is 5.33. The number of hydrogen-bond acceptors (Lipinski definition) is 2. The van der Waals surface area contributed by atoms with Crippen LogP contribution in [-0.2, 0) is 12.3 Å². The van der Waals surface area contributed by atoms with E-state index in [1.54, 1.807) is 0 Å². The van der Waals surface area contributed by atoms with Crippen molar-refractivity contribution in [2.24, 2.45) is 0 Å². The Kier molecular flexibility index (Phi) is 5.30. The molecule has 0 radical (unpaired) electrons. The molecular formula is C15H22ClNO. The number of rotatable bonds is 5. The smallest absolute Gasteiger partial charge is 0.214 e. The first-order chi connectivity index (χ1) is 8.81. The molecule has 1 aromatic heterocycles. The van der Waals surface area contributed by atoms with Crippen LogP contribution in [0.25, 0.3) is 0 Å². The Hall–Kier alpha value is -0.760. The zero-order valence-electron chi connectivity index (χ0n) is 11.1. The van der Waals surface area contributed by atoms with E-state index in [2.05, 4.69) is 18.0 Å². The summed E-state index contributed by atoms with van der Waals surface area (Å²) in [7, 11) is 0. The van der Waals surface area contributed by atoms with E-state index in [0.717, 1.165) is 42.8 Å². The second kappa shape index (κ2) is 6.98. The van der Waals surface area contributed by atoms with Crippen molar-refractivity contribution in [2.45, 2.75) is 63.9 Å². The van der Waals surface area contributed by atoms with Gasteiger partial charge < -0.3 is 4.74 Å². The minimum Gasteiger partial charge on any atom is -0.474 e. The molecule has 0 aliphatic heterocycles. The molecule has 1 heterocycles. The lowest BCUT2D eigenvalue weighted by Gasteiger charge is -2.22. The molecule has 1 aliphatic rings. The molecule has 0 aromatic carbocycles. The quantitative estimate of drug-likeness (QED) is 0.734. The Balaban J connectivity index is 2.07. The Morgan fingerprint density at radius 2 is 2.06 bits per heavy atom. The highest BCUT2D eigenvalue weighted by Crippen LogP contribution is 2.24. The molecule has 0 saturated heterocycles. The summed E-state index contributed by atoms with van der Waals surface area (Å²) >= 11 is 5.93. The van der Waals surface area contributed by atoms with E-state index in [1.807, 2.05) is 6.07 Å². The van der Waals surface area contributed by atoms with Gasteiger partial charge in [0.2, 0.25) is 5.88 Å². The third-order valence-electron chi connectivity index (χ3n) is 3.41. The minimum atomic E-state index is 0.353. The lowest BCUT2D eigenvalue weighted by Crippen LogP contribution is -2.20. The number of ether oxygens (including phenoxy) is 1. The Labute approximate surface area is 115 Å². The summed E-state index contributed by atoms with van der Waals surface area (Å²) in [5.74, 6) is 1.30. The van der Waals surface area contributed by atoms with Crippen LogP contribution in [0.4, 0.5) is 0 Å². The zero-order chi connectivity index (χ0) is 12.8. The summed E-state index contributed by atoms with van der Waals surface area (Å²) in [6.07, 6.45) is 8.67. The van der Waals surface area contributed by atoms with Crippen LogP contribution >= 0.6 is 11.6 Å². The Morgan fingerprint density at radius 3 is 2.72 bits per heavy atom. The second-order valence-electron chi connectivity index (χ2n) is 5.07. The lowest BCUT2D eigenvalue weighted by molar-refractivity contribution is 0.148. The van der Waals surface area contributed by atoms with E-state index in [4.69, 9.17) is 16.3 Å². The average molecular weight is 268 g/mol. The summed E-state index contributed by atoms with van der Waals surface area (Å²) in [5, 5.41) is 0. The number of aryl methyl sites for hydroxylation is 1. The normalized spacial score (nSPS) is 16.8. The van der Waals surface area contributed by atoms with Gasteiger partial charge in [0.1, 0.15) is 6.10 Å². The fraction of sp³-hybridized carbons (Fsp3) is 0.667. The van der Waals surface area contributed by atoms with Crippen molar-refractivity contribution >= 4 is 11.6 Å². The van der Waals surface area contributed by atoms with Crippen molar-refractivity contribution in [1.29, 1.82) is 0 Å². The van der Waals surface area contributed by atoms with Crippen LogP contribution in [0.1, 0.15) is 56.7 Å². The van der Waals surface area contributed by atoms with Gasteiger partial charge in [-0.1, -0.05) is 19.8 Å². The van der Waals surface area contributed by atoms with Crippen LogP contribution in [0.15, 0.2) is 12.1 Å². The molecular weight excluding hydrogens is 246 g/mol. The molecule has 1 aliphatic carbocycles. The number of aromatic nitrogens is 1. The van der Waals surface area contributed by atoms with Crippen LogP contribution in [-0.4, -0.2) is 11.1 Å². The van der Waals surface area contributed by atoms with Crippen LogP contribution in [0, 0.1) is 0 Å². The highest BCUT2D eigenvalue weighted by Gasteiger charge is 2.16. The Morgan fingerprint density at radius 1 is 1.28 bits per heavy atom. The minimum absolute atomic E-state index is 0.353. The van der Waals surface area contributed by atoms with E-state index in [1.165, 1.54) is 19.3 Å². The molecule has 1 saturated carbocycles. The molecule has 0 bridgehead atoms. The Bertz CT molecular complexity index is 375. The first-order valence-electron chi connectivity index (χ1n) is 7.04. The number of hydrogen-bond donors (Lipinski definition) is 0. The molecule has 1 aromatic rings. The largest absolute Gasteiger partial charge is 0.474 e. The van der Waals surface area contributed by atoms with E-state index in [0.29, 0.717) is 12.0 Å². The van der Waals surface area contributed by atoms with E-state index < -0.39 is 0 Å². The van der Waals surface area contributed by atoms with Gasteiger partial charge in [-0.05, 0) is 43.7 Å². The molecule has 3 heteroatoms. The summed E-state index contributed by atoms with van der Waals surface area (Å²) in [5.41, 5.74) is 2.21. The van der Waals surface area contributed by atoms with Gasteiger partial charge in [0.25, 0.3) is 0 Å². The van der Waals surface area contributed by atoms with Gasteiger partial charge in [-0.15, -0.1) is 11.6 Å². The molecule has 0 amide bonds. The van der Waals surface area contributed by atoms with E-state index in [-0.39, 0.29) is 0 Å². The van der Waals surface area contributed by atoms with Crippen molar-refractivity contribution in [3.05, 3.63) is 23.4 Å². The van der Waals surface area contributed by atoms with Gasteiger partial charge in [0.15, 0.2) is 0 Å². The summed E-state index contributed by atoms with van der Waals surface area (Å²) in [4.78, 5) is 4.58. The van der Waals surface area contributed by atoms with Crippen molar-refractivity contribution in [2.75, 3.05) is 0 Å². The van der Waals surface area contributed by atoms with E-state index >= 15 is 0 Å². The summed E-state index contributed by atoms with van der Waals surface area (Å²) in [6, 6.07) is 4.07. The highest BCUT2D eigenvalue weighted by atomic mass is 35.5. The van der Waals surface area contributed by atoms with Crippen LogP contribution in [0.5, 0.6) is 5.88 Å². The fourth-order valence-corrected chi connectivity index (χ4v) is 2.65. The van der Waals surface area contributed by atoms with Gasteiger partial charge in [-0.2, -0.15) is 0 Å². The van der Waals surface area contributed by atoms with Crippen molar-refractivity contribution in [3.63, 3.8) is 0 Å². The number of alkyl halides is 1. The maximum absolute atomic E-state index is 6.02. The maximum atomic E-state index is 6.02. The first-order valence-corrected chi connectivity index (χ1v) is 7.57. The van der Waals surface area contributed by atoms with Crippen LogP contribution in [0.2, 0.25) is 0 Å². The van der Waals surface area contributed by atoms with Crippen molar-refractivity contribution in [1.82, 2.24) is 4.98 Å². The topological polar surface area (TPSA) is 22.1 Å². The highest BCUT2D eigenvalue weighted by molar-refractivity contribution is 6.17. The molecule has 2 rings (SSSR count). The standard InChI is InChI=1S/C15H22ClNO/c1-2-6-13-9-12(11-16)10-15(17-13)18-14-7-4-3-5-8-14/h9-10,14H,2-8,11H2,1H3.